The SMILES string of the molecule is CCC1Sc2c(C)cc(C)cc2C1N. The second-order valence-electron chi connectivity index (χ2n) is 4.09. The van der Waals surface area contributed by atoms with Crippen molar-refractivity contribution in [1.82, 2.24) is 0 Å². The molecule has 2 N–H and O–H groups in total. The fourth-order valence-electron chi connectivity index (χ4n) is 2.16. The third kappa shape index (κ3) is 1.47. The highest BCUT2D eigenvalue weighted by atomic mass is 32.2. The zero-order chi connectivity index (χ0) is 10.3. The highest BCUT2D eigenvalue weighted by molar-refractivity contribution is 8.00. The molecule has 0 bridgehead atoms. The molecule has 0 amide bonds. The lowest BCUT2D eigenvalue weighted by Crippen LogP contribution is -2.18. The molecule has 2 unspecified atom stereocenters. The Kier molecular flexibility index (Phi) is 2.58. The Bertz CT molecular complexity index is 360. The van der Waals surface area contributed by atoms with Gasteiger partial charge in [0.2, 0.25) is 0 Å². The molecule has 1 aromatic carbocycles. The quantitative estimate of drug-likeness (QED) is 0.765. The van der Waals surface area contributed by atoms with Crippen LogP contribution in [-0.2, 0) is 0 Å². The second-order valence-corrected chi connectivity index (χ2v) is 5.34. The van der Waals surface area contributed by atoms with Crippen LogP contribution in [0.2, 0.25) is 0 Å². The predicted octanol–water partition coefficient (Wildman–Crippen LogP) is 3.19. The van der Waals surface area contributed by atoms with Gasteiger partial charge in [-0.2, -0.15) is 0 Å². The minimum atomic E-state index is 0.235. The number of thioether (sulfide) groups is 1. The highest BCUT2D eigenvalue weighted by Gasteiger charge is 2.30. The van der Waals surface area contributed by atoms with Crippen molar-refractivity contribution in [3.8, 4) is 0 Å². The van der Waals surface area contributed by atoms with Crippen molar-refractivity contribution >= 4 is 11.8 Å². The molecular formula is C12H17NS. The molecule has 0 radical (unpaired) electrons. The fourth-order valence-corrected chi connectivity index (χ4v) is 3.50. The van der Waals surface area contributed by atoms with Gasteiger partial charge in [-0.1, -0.05) is 24.6 Å². The van der Waals surface area contributed by atoms with E-state index in [0.29, 0.717) is 5.25 Å². The van der Waals surface area contributed by atoms with Gasteiger partial charge in [0.15, 0.2) is 0 Å². The van der Waals surface area contributed by atoms with Gasteiger partial charge in [0.05, 0.1) is 0 Å². The topological polar surface area (TPSA) is 26.0 Å². The first kappa shape index (κ1) is 10.1. The van der Waals surface area contributed by atoms with E-state index in [-0.39, 0.29) is 6.04 Å². The van der Waals surface area contributed by atoms with Gasteiger partial charge in [-0.15, -0.1) is 11.8 Å². The van der Waals surface area contributed by atoms with Crippen LogP contribution in [0.1, 0.15) is 36.1 Å². The van der Waals surface area contributed by atoms with E-state index < -0.39 is 0 Å². The number of benzene rings is 1. The Balaban J connectivity index is 2.48. The average molecular weight is 207 g/mol. The molecule has 0 spiro atoms. The monoisotopic (exact) mass is 207 g/mol. The van der Waals surface area contributed by atoms with E-state index in [0.717, 1.165) is 6.42 Å². The molecule has 0 aliphatic carbocycles. The predicted molar refractivity (Wildman–Crippen MR) is 62.8 cm³/mol. The fraction of sp³-hybridized carbons (Fsp3) is 0.500. The summed E-state index contributed by atoms with van der Waals surface area (Å²) in [5, 5.41) is 0.575. The van der Waals surface area contributed by atoms with Crippen LogP contribution in [0.4, 0.5) is 0 Å². The number of hydrogen-bond donors (Lipinski definition) is 1. The normalized spacial score (nSPS) is 25.1. The summed E-state index contributed by atoms with van der Waals surface area (Å²) in [6.07, 6.45) is 1.15. The van der Waals surface area contributed by atoms with Crippen LogP contribution < -0.4 is 5.73 Å². The number of rotatable bonds is 1. The van der Waals surface area contributed by atoms with Gasteiger partial charge in [0, 0.05) is 16.2 Å². The first-order valence-corrected chi connectivity index (χ1v) is 6.04. The molecule has 1 aliphatic rings. The first-order chi connectivity index (χ1) is 6.63. The Morgan fingerprint density at radius 3 is 2.71 bits per heavy atom. The van der Waals surface area contributed by atoms with E-state index in [1.165, 1.54) is 21.6 Å². The van der Waals surface area contributed by atoms with Crippen LogP contribution in [-0.4, -0.2) is 5.25 Å². The van der Waals surface area contributed by atoms with E-state index in [9.17, 15) is 0 Å². The highest BCUT2D eigenvalue weighted by Crippen LogP contribution is 2.46. The lowest BCUT2D eigenvalue weighted by atomic mass is 9.99. The molecule has 1 heterocycles. The van der Waals surface area contributed by atoms with Gasteiger partial charge in [0.25, 0.3) is 0 Å². The number of nitrogens with two attached hydrogens (primary N) is 1. The third-order valence-electron chi connectivity index (χ3n) is 2.88. The summed E-state index contributed by atoms with van der Waals surface area (Å²) in [4.78, 5) is 1.43. The summed E-state index contributed by atoms with van der Waals surface area (Å²) in [6, 6.07) is 4.73. The summed E-state index contributed by atoms with van der Waals surface area (Å²) in [7, 11) is 0. The molecule has 2 rings (SSSR count). The minimum absolute atomic E-state index is 0.235. The summed E-state index contributed by atoms with van der Waals surface area (Å²) >= 11 is 1.95. The average Bonchev–Trinajstić information content (AvgIpc) is 2.44. The van der Waals surface area contributed by atoms with Crippen molar-refractivity contribution in [2.24, 2.45) is 5.73 Å². The number of hydrogen-bond acceptors (Lipinski definition) is 2. The van der Waals surface area contributed by atoms with Gasteiger partial charge in [-0.25, -0.2) is 0 Å². The molecular weight excluding hydrogens is 190 g/mol. The summed E-state index contributed by atoms with van der Waals surface area (Å²) in [5.74, 6) is 0. The maximum absolute atomic E-state index is 6.22. The van der Waals surface area contributed by atoms with E-state index in [4.69, 9.17) is 5.73 Å². The standard InChI is InChI=1S/C12H17NS/c1-4-10-11(13)9-6-7(2)5-8(3)12(9)14-10/h5-6,10-11H,4,13H2,1-3H3. The maximum Gasteiger partial charge on any atom is 0.0430 e. The first-order valence-electron chi connectivity index (χ1n) is 5.17. The molecule has 0 saturated carbocycles. The van der Waals surface area contributed by atoms with E-state index >= 15 is 0 Å². The van der Waals surface area contributed by atoms with Crippen molar-refractivity contribution in [3.05, 3.63) is 28.8 Å². The van der Waals surface area contributed by atoms with Crippen LogP contribution in [0.25, 0.3) is 0 Å². The molecule has 76 valence electrons. The Morgan fingerprint density at radius 1 is 1.36 bits per heavy atom. The minimum Gasteiger partial charge on any atom is -0.323 e. The van der Waals surface area contributed by atoms with E-state index in [2.05, 4.69) is 32.9 Å². The largest absolute Gasteiger partial charge is 0.323 e. The second kappa shape index (κ2) is 3.59. The lowest BCUT2D eigenvalue weighted by molar-refractivity contribution is 0.665. The zero-order valence-electron chi connectivity index (χ0n) is 9.00. The van der Waals surface area contributed by atoms with Crippen molar-refractivity contribution in [1.29, 1.82) is 0 Å². The Labute approximate surface area is 90.1 Å². The van der Waals surface area contributed by atoms with Crippen LogP contribution >= 0.6 is 11.8 Å². The van der Waals surface area contributed by atoms with Crippen molar-refractivity contribution < 1.29 is 0 Å². The van der Waals surface area contributed by atoms with Crippen LogP contribution in [0, 0.1) is 13.8 Å². The van der Waals surface area contributed by atoms with E-state index in [1.54, 1.807) is 0 Å². The molecule has 14 heavy (non-hydrogen) atoms. The van der Waals surface area contributed by atoms with Crippen LogP contribution in [0.3, 0.4) is 0 Å². The maximum atomic E-state index is 6.22. The van der Waals surface area contributed by atoms with Crippen molar-refractivity contribution in [2.75, 3.05) is 0 Å². The van der Waals surface area contributed by atoms with Crippen molar-refractivity contribution in [2.45, 2.75) is 43.4 Å². The van der Waals surface area contributed by atoms with E-state index in [1.807, 2.05) is 11.8 Å². The summed E-state index contributed by atoms with van der Waals surface area (Å²) < 4.78 is 0. The molecule has 0 saturated heterocycles. The van der Waals surface area contributed by atoms with Crippen LogP contribution in [0.5, 0.6) is 0 Å². The Morgan fingerprint density at radius 2 is 2.07 bits per heavy atom. The van der Waals surface area contributed by atoms with Gasteiger partial charge in [0.1, 0.15) is 0 Å². The third-order valence-corrected chi connectivity index (χ3v) is 4.60. The summed E-state index contributed by atoms with van der Waals surface area (Å²) in [6.45, 7) is 6.54. The molecule has 2 atom stereocenters. The number of fused-ring (bicyclic) bond motifs is 1. The molecule has 0 aromatic heterocycles. The molecule has 1 nitrogen and oxygen atoms in total. The number of aryl methyl sites for hydroxylation is 2. The van der Waals surface area contributed by atoms with Crippen molar-refractivity contribution in [3.63, 3.8) is 0 Å². The van der Waals surface area contributed by atoms with Gasteiger partial charge < -0.3 is 5.73 Å². The van der Waals surface area contributed by atoms with Gasteiger partial charge in [-0.05, 0) is 31.4 Å². The van der Waals surface area contributed by atoms with Crippen LogP contribution in [0.15, 0.2) is 17.0 Å². The summed E-state index contributed by atoms with van der Waals surface area (Å²) in [5.41, 5.74) is 10.3. The van der Waals surface area contributed by atoms with Gasteiger partial charge in [-0.3, -0.25) is 0 Å². The lowest BCUT2D eigenvalue weighted by Gasteiger charge is -2.11. The molecule has 2 heteroatoms. The molecule has 1 aliphatic heterocycles. The molecule has 0 fully saturated rings. The smallest absolute Gasteiger partial charge is 0.0430 e. The molecule has 1 aromatic rings. The Hall–Kier alpha value is -0.470. The zero-order valence-corrected chi connectivity index (χ0v) is 9.82. The van der Waals surface area contributed by atoms with Gasteiger partial charge >= 0.3 is 0 Å².